The van der Waals surface area contributed by atoms with Crippen LogP contribution in [-0.4, -0.2) is 22.7 Å². The van der Waals surface area contributed by atoms with Crippen LogP contribution in [0.3, 0.4) is 0 Å². The van der Waals surface area contributed by atoms with Gasteiger partial charge in [0.15, 0.2) is 0 Å². The van der Waals surface area contributed by atoms with E-state index >= 15 is 0 Å². The summed E-state index contributed by atoms with van der Waals surface area (Å²) < 4.78 is 5.57. The van der Waals surface area contributed by atoms with Gasteiger partial charge in [-0.15, -0.1) is 0 Å². The van der Waals surface area contributed by atoms with E-state index in [-0.39, 0.29) is 11.5 Å². The molecule has 0 aliphatic heterocycles. The highest BCUT2D eigenvalue weighted by molar-refractivity contribution is 6.30. The summed E-state index contributed by atoms with van der Waals surface area (Å²) in [5.41, 5.74) is 1.84. The van der Waals surface area contributed by atoms with E-state index in [0.29, 0.717) is 35.9 Å². The van der Waals surface area contributed by atoms with E-state index in [9.17, 15) is 9.59 Å². The molecule has 0 spiro atoms. The molecule has 6 nitrogen and oxygen atoms in total. The number of carbonyl (C=O) groups excluding carboxylic acids is 1. The van der Waals surface area contributed by atoms with Crippen molar-refractivity contribution in [2.45, 2.75) is 12.8 Å². The van der Waals surface area contributed by atoms with Crippen molar-refractivity contribution in [3.8, 4) is 17.0 Å². The predicted octanol–water partition coefficient (Wildman–Crippen LogP) is 3.89. The zero-order valence-electron chi connectivity index (χ0n) is 14.4. The molecule has 3 aromatic rings. The summed E-state index contributed by atoms with van der Waals surface area (Å²) in [7, 11) is 0. The molecular formula is C20H18ClN3O3. The molecule has 0 fully saturated rings. The molecule has 2 N–H and O–H groups in total. The van der Waals surface area contributed by atoms with E-state index in [1.165, 1.54) is 6.07 Å². The van der Waals surface area contributed by atoms with Gasteiger partial charge < -0.3 is 10.1 Å². The third-order valence-electron chi connectivity index (χ3n) is 3.75. The fourth-order valence-corrected chi connectivity index (χ4v) is 2.56. The van der Waals surface area contributed by atoms with E-state index in [1.54, 1.807) is 36.4 Å². The molecule has 2 aromatic carbocycles. The molecule has 0 aliphatic carbocycles. The molecule has 3 rings (SSSR count). The Hall–Kier alpha value is -3.12. The Kier molecular flexibility index (Phi) is 6.22. The number of anilines is 1. The summed E-state index contributed by atoms with van der Waals surface area (Å²) in [5.74, 6) is 0.627. The lowest BCUT2D eigenvalue weighted by atomic mass is 10.1. The number of nitrogens with one attached hydrogen (secondary N) is 2. The van der Waals surface area contributed by atoms with Crippen molar-refractivity contribution in [2.75, 3.05) is 11.9 Å². The van der Waals surface area contributed by atoms with Crippen molar-refractivity contribution in [2.24, 2.45) is 0 Å². The van der Waals surface area contributed by atoms with Gasteiger partial charge in [0.25, 0.3) is 5.56 Å². The number of ether oxygens (including phenoxy) is 1. The van der Waals surface area contributed by atoms with Crippen LogP contribution in [0.1, 0.15) is 12.8 Å². The van der Waals surface area contributed by atoms with E-state index in [0.717, 1.165) is 11.3 Å². The number of amides is 1. The minimum absolute atomic E-state index is 0.0960. The SMILES string of the molecule is O=C(CCCOc1ccc(Cl)cc1)Nc1cccc(-c2ccc(=O)[nH]n2)c1. The molecular weight excluding hydrogens is 366 g/mol. The summed E-state index contributed by atoms with van der Waals surface area (Å²) >= 11 is 5.82. The van der Waals surface area contributed by atoms with E-state index in [4.69, 9.17) is 16.3 Å². The van der Waals surface area contributed by atoms with E-state index in [2.05, 4.69) is 15.5 Å². The molecule has 1 amide bonds. The van der Waals surface area contributed by atoms with Gasteiger partial charge in [-0.05, 0) is 48.9 Å². The first-order chi connectivity index (χ1) is 13.1. The van der Waals surface area contributed by atoms with Crippen LogP contribution in [0.25, 0.3) is 11.3 Å². The van der Waals surface area contributed by atoms with Crippen molar-refractivity contribution in [1.29, 1.82) is 0 Å². The minimum Gasteiger partial charge on any atom is -0.494 e. The van der Waals surface area contributed by atoms with Crippen molar-refractivity contribution < 1.29 is 9.53 Å². The third kappa shape index (κ3) is 5.69. The Labute approximate surface area is 161 Å². The fraction of sp³-hybridized carbons (Fsp3) is 0.150. The van der Waals surface area contributed by atoms with Crippen LogP contribution < -0.4 is 15.6 Å². The van der Waals surface area contributed by atoms with Crippen LogP contribution in [0.15, 0.2) is 65.5 Å². The first-order valence-corrected chi connectivity index (χ1v) is 8.82. The smallest absolute Gasteiger partial charge is 0.264 e. The molecule has 0 radical (unpaired) electrons. The van der Waals surface area contributed by atoms with Gasteiger partial charge in [-0.2, -0.15) is 5.10 Å². The van der Waals surface area contributed by atoms with Crippen LogP contribution in [0.5, 0.6) is 5.75 Å². The number of rotatable bonds is 7. The number of nitrogens with zero attached hydrogens (tertiary/aromatic N) is 1. The number of hydrogen-bond donors (Lipinski definition) is 2. The van der Waals surface area contributed by atoms with Gasteiger partial charge in [0.2, 0.25) is 5.91 Å². The molecule has 0 bridgehead atoms. The van der Waals surface area contributed by atoms with Gasteiger partial charge in [0.05, 0.1) is 12.3 Å². The Morgan fingerprint density at radius 3 is 2.67 bits per heavy atom. The van der Waals surface area contributed by atoms with Crippen LogP contribution in [0.2, 0.25) is 5.02 Å². The second-order valence-corrected chi connectivity index (χ2v) is 6.28. The monoisotopic (exact) mass is 383 g/mol. The normalized spacial score (nSPS) is 10.4. The molecule has 138 valence electrons. The molecule has 1 aromatic heterocycles. The number of halogens is 1. The Morgan fingerprint density at radius 2 is 1.93 bits per heavy atom. The maximum atomic E-state index is 12.1. The number of H-pyrrole nitrogens is 1. The van der Waals surface area contributed by atoms with E-state index in [1.807, 2.05) is 18.2 Å². The average Bonchev–Trinajstić information content (AvgIpc) is 2.67. The fourth-order valence-electron chi connectivity index (χ4n) is 2.44. The average molecular weight is 384 g/mol. The Morgan fingerprint density at radius 1 is 1.11 bits per heavy atom. The van der Waals surface area contributed by atoms with E-state index < -0.39 is 0 Å². The maximum absolute atomic E-state index is 12.1. The zero-order chi connectivity index (χ0) is 19.1. The van der Waals surface area contributed by atoms with Gasteiger partial charge in [-0.25, -0.2) is 5.10 Å². The van der Waals surface area contributed by atoms with Gasteiger partial charge >= 0.3 is 0 Å². The highest BCUT2D eigenvalue weighted by atomic mass is 35.5. The van der Waals surface area contributed by atoms with Gasteiger partial charge in [-0.1, -0.05) is 23.7 Å². The number of carbonyl (C=O) groups is 1. The van der Waals surface area contributed by atoms with Crippen LogP contribution in [0, 0.1) is 0 Å². The lowest BCUT2D eigenvalue weighted by Gasteiger charge is -2.08. The number of hydrogen-bond acceptors (Lipinski definition) is 4. The lowest BCUT2D eigenvalue weighted by molar-refractivity contribution is -0.116. The van der Waals surface area contributed by atoms with Crippen LogP contribution >= 0.6 is 11.6 Å². The number of aromatic amines is 1. The largest absolute Gasteiger partial charge is 0.494 e. The maximum Gasteiger partial charge on any atom is 0.264 e. The Balaban J connectivity index is 1.49. The minimum atomic E-state index is -0.260. The number of benzene rings is 2. The summed E-state index contributed by atoms with van der Waals surface area (Å²) in [4.78, 5) is 23.2. The molecule has 0 aliphatic rings. The second-order valence-electron chi connectivity index (χ2n) is 5.84. The molecule has 0 unspecified atom stereocenters. The summed E-state index contributed by atoms with van der Waals surface area (Å²) in [5, 5.41) is 9.90. The highest BCUT2D eigenvalue weighted by Gasteiger charge is 2.05. The number of aromatic nitrogens is 2. The molecule has 0 saturated heterocycles. The quantitative estimate of drug-likeness (QED) is 0.606. The molecule has 27 heavy (non-hydrogen) atoms. The first-order valence-electron chi connectivity index (χ1n) is 8.44. The second kappa shape index (κ2) is 9.00. The van der Waals surface area contributed by atoms with Crippen molar-refractivity contribution in [3.63, 3.8) is 0 Å². The predicted molar refractivity (Wildman–Crippen MR) is 105 cm³/mol. The summed E-state index contributed by atoms with van der Waals surface area (Å²) in [6.45, 7) is 0.441. The van der Waals surface area contributed by atoms with Crippen LogP contribution in [0.4, 0.5) is 5.69 Å². The van der Waals surface area contributed by atoms with Crippen molar-refractivity contribution in [1.82, 2.24) is 10.2 Å². The third-order valence-corrected chi connectivity index (χ3v) is 4.00. The zero-order valence-corrected chi connectivity index (χ0v) is 15.2. The highest BCUT2D eigenvalue weighted by Crippen LogP contribution is 2.20. The van der Waals surface area contributed by atoms with Gasteiger partial charge in [-0.3, -0.25) is 9.59 Å². The van der Waals surface area contributed by atoms with Gasteiger partial charge in [0.1, 0.15) is 5.75 Å². The lowest BCUT2D eigenvalue weighted by Crippen LogP contribution is -2.13. The molecule has 0 atom stereocenters. The van der Waals surface area contributed by atoms with Crippen molar-refractivity contribution in [3.05, 3.63) is 76.0 Å². The standard InChI is InChI=1S/C20H18ClN3O3/c21-15-6-8-17(9-7-15)27-12-2-5-19(25)22-16-4-1-3-14(13-16)18-10-11-20(26)24-23-18/h1,3-4,6-11,13H,2,5,12H2,(H,22,25)(H,24,26). The Bertz CT molecular complexity index is 950. The molecule has 0 saturated carbocycles. The molecule has 1 heterocycles. The van der Waals surface area contributed by atoms with Gasteiger partial charge in [0, 0.05) is 28.8 Å². The van der Waals surface area contributed by atoms with Crippen LogP contribution in [-0.2, 0) is 4.79 Å². The topological polar surface area (TPSA) is 84.1 Å². The summed E-state index contributed by atoms with van der Waals surface area (Å²) in [6.07, 6.45) is 0.935. The molecule has 7 heteroatoms. The van der Waals surface area contributed by atoms with Crippen molar-refractivity contribution >= 4 is 23.2 Å². The first kappa shape index (κ1) is 18.7. The summed E-state index contributed by atoms with van der Waals surface area (Å²) in [6, 6.07) is 17.4.